The van der Waals surface area contributed by atoms with Crippen molar-refractivity contribution in [1.82, 2.24) is 14.9 Å². The lowest BCUT2D eigenvalue weighted by atomic mass is 10.1. The van der Waals surface area contributed by atoms with Crippen LogP contribution in [0.1, 0.15) is 37.9 Å². The number of amides is 1. The zero-order valence-electron chi connectivity index (χ0n) is 12.6. The van der Waals surface area contributed by atoms with Crippen LogP contribution in [0.4, 0.5) is 10.6 Å². The van der Waals surface area contributed by atoms with Gasteiger partial charge in [-0.1, -0.05) is 0 Å². The third-order valence-electron chi connectivity index (χ3n) is 3.14. The molecule has 6 nitrogen and oxygen atoms in total. The Morgan fingerprint density at radius 2 is 1.90 bits per heavy atom. The molecule has 110 valence electrons. The van der Waals surface area contributed by atoms with E-state index in [-0.39, 0.29) is 6.09 Å². The van der Waals surface area contributed by atoms with E-state index in [4.69, 9.17) is 10.5 Å². The Hall–Kier alpha value is -1.85. The summed E-state index contributed by atoms with van der Waals surface area (Å²) in [6.07, 6.45) is 1.07. The summed E-state index contributed by atoms with van der Waals surface area (Å²) < 4.78 is 5.41. The molecule has 1 aliphatic rings. The van der Waals surface area contributed by atoms with Crippen LogP contribution in [-0.4, -0.2) is 39.7 Å². The molecule has 0 atom stereocenters. The Kier molecular flexibility index (Phi) is 3.83. The maximum atomic E-state index is 12.1. The first kappa shape index (κ1) is 14.6. The van der Waals surface area contributed by atoms with E-state index in [1.165, 1.54) is 0 Å². The van der Waals surface area contributed by atoms with Gasteiger partial charge in [0.25, 0.3) is 0 Å². The third-order valence-corrected chi connectivity index (χ3v) is 3.14. The van der Waals surface area contributed by atoms with E-state index in [2.05, 4.69) is 9.97 Å². The fourth-order valence-electron chi connectivity index (χ4n) is 2.27. The summed E-state index contributed by atoms with van der Waals surface area (Å²) in [4.78, 5) is 22.4. The van der Waals surface area contributed by atoms with Crippen molar-refractivity contribution in [2.24, 2.45) is 0 Å². The van der Waals surface area contributed by atoms with Gasteiger partial charge in [0.1, 0.15) is 17.2 Å². The molecular weight excluding hydrogens is 256 g/mol. The first-order chi connectivity index (χ1) is 9.26. The van der Waals surface area contributed by atoms with Crippen LogP contribution < -0.4 is 5.73 Å². The second-order valence-corrected chi connectivity index (χ2v) is 6.05. The van der Waals surface area contributed by atoms with Gasteiger partial charge < -0.3 is 15.4 Å². The largest absolute Gasteiger partial charge is 0.444 e. The van der Waals surface area contributed by atoms with Crippen LogP contribution in [0.2, 0.25) is 0 Å². The zero-order chi connectivity index (χ0) is 14.9. The molecule has 0 fully saturated rings. The predicted molar refractivity (Wildman–Crippen MR) is 76.4 cm³/mol. The number of ether oxygens (including phenoxy) is 1. The molecule has 1 aliphatic heterocycles. The number of nitrogen functional groups attached to an aromatic ring is 1. The molecule has 2 rings (SSSR count). The van der Waals surface area contributed by atoms with Gasteiger partial charge >= 0.3 is 6.09 Å². The van der Waals surface area contributed by atoms with Gasteiger partial charge in [0.15, 0.2) is 0 Å². The van der Waals surface area contributed by atoms with Gasteiger partial charge in [0, 0.05) is 25.1 Å². The Balaban J connectivity index is 2.12. The number of hydrogen-bond acceptors (Lipinski definition) is 5. The molecule has 0 saturated carbocycles. The standard InChI is InChI=1S/C14H22N4O2/c1-9-16-11-6-8-18(13(19)20-14(2,3)4)7-5-10(11)12(15)17-9/h5-8H2,1-4H3,(H2,15,16,17). The summed E-state index contributed by atoms with van der Waals surface area (Å²) in [6.45, 7) is 8.60. The zero-order valence-corrected chi connectivity index (χ0v) is 12.6. The molecule has 2 heterocycles. The van der Waals surface area contributed by atoms with E-state index in [0.29, 0.717) is 37.6 Å². The minimum Gasteiger partial charge on any atom is -0.444 e. The summed E-state index contributed by atoms with van der Waals surface area (Å²) in [7, 11) is 0. The smallest absolute Gasteiger partial charge is 0.410 e. The number of fused-ring (bicyclic) bond motifs is 1. The summed E-state index contributed by atoms with van der Waals surface area (Å²) in [6, 6.07) is 0. The summed E-state index contributed by atoms with van der Waals surface area (Å²) in [5, 5.41) is 0. The lowest BCUT2D eigenvalue weighted by Crippen LogP contribution is -2.38. The number of rotatable bonds is 0. The van der Waals surface area contributed by atoms with Crippen molar-refractivity contribution in [2.75, 3.05) is 18.8 Å². The van der Waals surface area contributed by atoms with E-state index in [1.807, 2.05) is 27.7 Å². The number of nitrogens with two attached hydrogens (primary N) is 1. The van der Waals surface area contributed by atoms with Crippen LogP contribution in [0.5, 0.6) is 0 Å². The van der Waals surface area contributed by atoms with E-state index >= 15 is 0 Å². The van der Waals surface area contributed by atoms with Gasteiger partial charge in [0.2, 0.25) is 0 Å². The third kappa shape index (κ3) is 3.37. The van der Waals surface area contributed by atoms with Gasteiger partial charge in [-0.05, 0) is 34.1 Å². The van der Waals surface area contributed by atoms with E-state index in [9.17, 15) is 4.79 Å². The summed E-state index contributed by atoms with van der Waals surface area (Å²) >= 11 is 0. The molecule has 0 unspecified atom stereocenters. The lowest BCUT2D eigenvalue weighted by molar-refractivity contribution is 0.0258. The highest BCUT2D eigenvalue weighted by atomic mass is 16.6. The maximum absolute atomic E-state index is 12.1. The van der Waals surface area contributed by atoms with Crippen molar-refractivity contribution in [3.63, 3.8) is 0 Å². The quantitative estimate of drug-likeness (QED) is 0.781. The molecule has 0 radical (unpaired) electrons. The number of carbonyl (C=O) groups excluding carboxylic acids is 1. The molecule has 0 spiro atoms. The Bertz CT molecular complexity index is 523. The number of aromatic nitrogens is 2. The average Bonchev–Trinajstić information content (AvgIpc) is 2.49. The van der Waals surface area contributed by atoms with E-state index in [0.717, 1.165) is 11.3 Å². The molecule has 1 aromatic heterocycles. The highest BCUT2D eigenvalue weighted by molar-refractivity contribution is 5.68. The van der Waals surface area contributed by atoms with Gasteiger partial charge in [-0.15, -0.1) is 0 Å². The topological polar surface area (TPSA) is 81.3 Å². The maximum Gasteiger partial charge on any atom is 0.410 e. The number of aryl methyl sites for hydroxylation is 1. The van der Waals surface area contributed by atoms with Crippen molar-refractivity contribution < 1.29 is 9.53 Å². The number of carbonyl (C=O) groups is 1. The fraction of sp³-hybridized carbons (Fsp3) is 0.643. The van der Waals surface area contributed by atoms with Crippen LogP contribution in [0, 0.1) is 6.92 Å². The van der Waals surface area contributed by atoms with Crippen molar-refractivity contribution in [3.05, 3.63) is 17.1 Å². The molecule has 0 aliphatic carbocycles. The fourth-order valence-corrected chi connectivity index (χ4v) is 2.27. The molecule has 0 bridgehead atoms. The number of nitrogens with zero attached hydrogens (tertiary/aromatic N) is 3. The molecule has 20 heavy (non-hydrogen) atoms. The van der Waals surface area contributed by atoms with Gasteiger partial charge in [-0.3, -0.25) is 0 Å². The van der Waals surface area contributed by atoms with Crippen molar-refractivity contribution >= 4 is 11.9 Å². The minimum atomic E-state index is -0.480. The minimum absolute atomic E-state index is 0.284. The number of hydrogen-bond donors (Lipinski definition) is 1. The highest BCUT2D eigenvalue weighted by Crippen LogP contribution is 2.20. The summed E-state index contributed by atoms with van der Waals surface area (Å²) in [5.74, 6) is 1.20. The molecule has 2 N–H and O–H groups in total. The Morgan fingerprint density at radius 1 is 1.25 bits per heavy atom. The van der Waals surface area contributed by atoms with Crippen LogP contribution >= 0.6 is 0 Å². The molecule has 0 aromatic carbocycles. The summed E-state index contributed by atoms with van der Waals surface area (Å²) in [5.41, 5.74) is 7.37. The molecular formula is C14H22N4O2. The first-order valence-electron chi connectivity index (χ1n) is 6.86. The normalized spacial score (nSPS) is 15.5. The van der Waals surface area contributed by atoms with Crippen molar-refractivity contribution in [3.8, 4) is 0 Å². The first-order valence-corrected chi connectivity index (χ1v) is 6.86. The molecule has 6 heteroatoms. The van der Waals surface area contributed by atoms with Crippen LogP contribution in [-0.2, 0) is 17.6 Å². The lowest BCUT2D eigenvalue weighted by Gasteiger charge is -2.26. The van der Waals surface area contributed by atoms with Gasteiger partial charge in [-0.2, -0.15) is 0 Å². The SMILES string of the molecule is Cc1nc(N)c2c(n1)CCN(C(=O)OC(C)(C)C)CC2. The van der Waals surface area contributed by atoms with Gasteiger partial charge in [0.05, 0.1) is 5.69 Å². The van der Waals surface area contributed by atoms with Crippen LogP contribution in [0.25, 0.3) is 0 Å². The number of anilines is 1. The van der Waals surface area contributed by atoms with E-state index in [1.54, 1.807) is 4.90 Å². The second-order valence-electron chi connectivity index (χ2n) is 6.05. The molecule has 1 amide bonds. The second kappa shape index (κ2) is 5.26. The van der Waals surface area contributed by atoms with Crippen LogP contribution in [0.3, 0.4) is 0 Å². The van der Waals surface area contributed by atoms with E-state index < -0.39 is 5.60 Å². The van der Waals surface area contributed by atoms with Crippen molar-refractivity contribution in [1.29, 1.82) is 0 Å². The Labute approximate surface area is 119 Å². The van der Waals surface area contributed by atoms with Crippen molar-refractivity contribution in [2.45, 2.75) is 46.1 Å². The Morgan fingerprint density at radius 3 is 2.55 bits per heavy atom. The monoisotopic (exact) mass is 278 g/mol. The average molecular weight is 278 g/mol. The molecule has 1 aromatic rings. The van der Waals surface area contributed by atoms with Gasteiger partial charge in [-0.25, -0.2) is 14.8 Å². The molecule has 0 saturated heterocycles. The predicted octanol–water partition coefficient (Wildman–Crippen LogP) is 1.70. The highest BCUT2D eigenvalue weighted by Gasteiger charge is 2.25. The van der Waals surface area contributed by atoms with Crippen LogP contribution in [0.15, 0.2) is 0 Å².